The van der Waals surface area contributed by atoms with E-state index in [1.54, 1.807) is 43.3 Å². The van der Waals surface area contributed by atoms with Crippen molar-refractivity contribution in [1.29, 1.82) is 0 Å². The van der Waals surface area contributed by atoms with Crippen molar-refractivity contribution < 1.29 is 33.4 Å². The molecule has 2 aliphatic rings. The summed E-state index contributed by atoms with van der Waals surface area (Å²) in [4.78, 5) is 57.9. The zero-order valence-corrected chi connectivity index (χ0v) is 32.3. The van der Waals surface area contributed by atoms with Crippen molar-refractivity contribution in [1.82, 2.24) is 20.9 Å². The van der Waals surface area contributed by atoms with Crippen molar-refractivity contribution >= 4 is 23.7 Å². The molecule has 0 aromatic heterocycles. The van der Waals surface area contributed by atoms with E-state index >= 15 is 0 Å². The third kappa shape index (κ3) is 11.1. The molecule has 5 aromatic rings. The van der Waals surface area contributed by atoms with Crippen LogP contribution in [-0.4, -0.2) is 74.0 Å². The second-order valence-corrected chi connectivity index (χ2v) is 14.2. The molecule has 0 aliphatic carbocycles. The lowest BCUT2D eigenvalue weighted by atomic mass is 9.97. The average molecular weight is 769 g/mol. The summed E-state index contributed by atoms with van der Waals surface area (Å²) in [5.74, 6) is -1.13. The van der Waals surface area contributed by atoms with E-state index in [1.165, 1.54) is 7.11 Å². The third-order valence-corrected chi connectivity index (χ3v) is 9.88. The number of likely N-dealkylation sites (N-methyl/N-ethyl adjacent to an activating group) is 1. The van der Waals surface area contributed by atoms with E-state index in [4.69, 9.17) is 14.2 Å². The molecule has 0 unspecified atom stereocenters. The first-order chi connectivity index (χ1) is 27.7. The zero-order valence-electron chi connectivity index (χ0n) is 32.3. The molecule has 294 valence electrons. The molecule has 0 fully saturated rings. The van der Waals surface area contributed by atoms with Crippen molar-refractivity contribution in [3.8, 4) is 11.5 Å². The Bertz CT molecular complexity index is 2080. The topological polar surface area (TPSA) is 135 Å². The second-order valence-electron chi connectivity index (χ2n) is 14.2. The quantitative estimate of drug-likeness (QED) is 0.151. The van der Waals surface area contributed by atoms with Crippen LogP contribution in [0.2, 0.25) is 0 Å². The molecule has 5 aromatic carbocycles. The third-order valence-electron chi connectivity index (χ3n) is 9.88. The van der Waals surface area contributed by atoms with Crippen LogP contribution in [0.15, 0.2) is 140 Å². The molecule has 11 heteroatoms. The molecule has 2 aliphatic heterocycles. The van der Waals surface area contributed by atoms with Gasteiger partial charge in [-0.25, -0.2) is 4.79 Å². The normalized spacial score (nSPS) is 18.9. The number of nitrogens with one attached hydrogen (secondary N) is 3. The largest absolute Gasteiger partial charge is 0.489 e. The van der Waals surface area contributed by atoms with Crippen LogP contribution in [0.25, 0.3) is 0 Å². The van der Waals surface area contributed by atoms with E-state index in [0.29, 0.717) is 30.1 Å². The monoisotopic (exact) mass is 768 g/mol. The lowest BCUT2D eigenvalue weighted by Crippen LogP contribution is -2.60. The SMILES string of the molecule is COC(=O)[C@@H]1Cc2ccc(cc2)O[C@H](c2ccccc2)[C@H](NC(=O)[C@H](Cc2ccc(OCc3ccccc3)cc2)N(C)C)C(=O)N[C@@H](Cc2ccccc2)C(=O)N1. The summed E-state index contributed by atoms with van der Waals surface area (Å²) < 4.78 is 17.6. The number of benzene rings is 5. The van der Waals surface area contributed by atoms with Gasteiger partial charge >= 0.3 is 5.97 Å². The van der Waals surface area contributed by atoms with E-state index in [2.05, 4.69) is 16.0 Å². The molecular weight excluding hydrogens is 721 g/mol. The predicted molar refractivity (Wildman–Crippen MR) is 216 cm³/mol. The summed E-state index contributed by atoms with van der Waals surface area (Å²) >= 11 is 0. The van der Waals surface area contributed by atoms with Crippen molar-refractivity contribution in [2.24, 2.45) is 0 Å². The van der Waals surface area contributed by atoms with Gasteiger partial charge in [0.25, 0.3) is 0 Å². The number of esters is 1. The van der Waals surface area contributed by atoms with E-state index in [0.717, 1.165) is 22.3 Å². The Morgan fingerprint density at radius 2 is 1.37 bits per heavy atom. The van der Waals surface area contributed by atoms with E-state index < -0.39 is 54.0 Å². The fourth-order valence-corrected chi connectivity index (χ4v) is 6.71. The molecule has 2 bridgehead atoms. The minimum atomic E-state index is -1.30. The highest BCUT2D eigenvalue weighted by molar-refractivity contribution is 5.95. The van der Waals surface area contributed by atoms with Crippen molar-refractivity contribution in [2.75, 3.05) is 21.2 Å². The summed E-state index contributed by atoms with van der Waals surface area (Å²) in [5.41, 5.74) is 4.12. The number of methoxy groups -OCH3 is 1. The Labute approximate surface area is 333 Å². The molecule has 0 radical (unpaired) electrons. The molecule has 5 atom stereocenters. The van der Waals surface area contributed by atoms with Crippen LogP contribution in [-0.2, 0) is 49.8 Å². The van der Waals surface area contributed by atoms with Gasteiger partial charge in [-0.15, -0.1) is 0 Å². The highest BCUT2D eigenvalue weighted by atomic mass is 16.5. The molecule has 57 heavy (non-hydrogen) atoms. The highest BCUT2D eigenvalue weighted by Crippen LogP contribution is 2.27. The van der Waals surface area contributed by atoms with Gasteiger partial charge in [-0.1, -0.05) is 115 Å². The Morgan fingerprint density at radius 3 is 1.98 bits per heavy atom. The van der Waals surface area contributed by atoms with Crippen LogP contribution in [0, 0.1) is 0 Å². The number of hydrogen-bond donors (Lipinski definition) is 3. The molecule has 7 rings (SSSR count). The molecule has 2 heterocycles. The second kappa shape index (κ2) is 19.4. The minimum Gasteiger partial charge on any atom is -0.489 e. The lowest BCUT2D eigenvalue weighted by Gasteiger charge is -2.32. The molecule has 3 N–H and O–H groups in total. The molecule has 0 spiro atoms. The van der Waals surface area contributed by atoms with E-state index in [9.17, 15) is 19.2 Å². The number of ether oxygens (including phenoxy) is 3. The van der Waals surface area contributed by atoms with Crippen molar-refractivity contribution in [3.63, 3.8) is 0 Å². The number of amides is 3. The number of rotatable bonds is 12. The molecule has 11 nitrogen and oxygen atoms in total. The molecule has 3 amide bonds. The summed E-state index contributed by atoms with van der Waals surface area (Å²) in [6, 6.07) is 38.8. The van der Waals surface area contributed by atoms with Gasteiger partial charge in [0.05, 0.1) is 13.2 Å². The van der Waals surface area contributed by atoms with Gasteiger partial charge in [-0.05, 0) is 72.6 Å². The van der Waals surface area contributed by atoms with Gasteiger partial charge < -0.3 is 30.2 Å². The standard InChI is InChI=1S/C46H48N4O7/c1-50(2)40(29-33-19-23-36(24-20-33)56-30-34-15-9-5-10-16-34)44(52)49-41-42(35-17-11-6-12-18-35)57-37-25-21-32(22-26-37)28-39(46(54)55-3)48-43(51)38(47-45(41)53)27-31-13-7-4-8-14-31/h4-26,38-42H,27-30H2,1-3H3,(H,47,53)(H,48,51)(H,49,52)/t38-,39-,40-,41-,42+/m0/s1. The average Bonchev–Trinajstić information content (AvgIpc) is 3.24. The predicted octanol–water partition coefficient (Wildman–Crippen LogP) is 4.98. The minimum absolute atomic E-state index is 0.114. The number of nitrogens with zero attached hydrogens (tertiary/aromatic N) is 1. The van der Waals surface area contributed by atoms with Crippen molar-refractivity contribution in [3.05, 3.63) is 167 Å². The maximum Gasteiger partial charge on any atom is 0.328 e. The maximum absolute atomic E-state index is 14.7. The Kier molecular flexibility index (Phi) is 13.7. The smallest absolute Gasteiger partial charge is 0.328 e. The van der Waals surface area contributed by atoms with Gasteiger partial charge in [0.1, 0.15) is 36.2 Å². The van der Waals surface area contributed by atoms with Crippen LogP contribution >= 0.6 is 0 Å². The first kappa shape index (κ1) is 40.2. The summed E-state index contributed by atoms with van der Waals surface area (Å²) in [6.45, 7) is 0.431. The van der Waals surface area contributed by atoms with Crippen LogP contribution in [0.1, 0.15) is 33.9 Å². The van der Waals surface area contributed by atoms with Crippen LogP contribution < -0.4 is 25.4 Å². The van der Waals surface area contributed by atoms with E-state index in [1.807, 2.05) is 115 Å². The lowest BCUT2D eigenvalue weighted by molar-refractivity contribution is -0.145. The molecule has 0 saturated heterocycles. The zero-order chi connectivity index (χ0) is 40.1. The van der Waals surface area contributed by atoms with Crippen LogP contribution in [0.4, 0.5) is 0 Å². The summed E-state index contributed by atoms with van der Waals surface area (Å²) in [7, 11) is 4.87. The first-order valence-corrected chi connectivity index (χ1v) is 18.9. The fourth-order valence-electron chi connectivity index (χ4n) is 6.71. The van der Waals surface area contributed by atoms with Crippen LogP contribution in [0.3, 0.4) is 0 Å². The van der Waals surface area contributed by atoms with Gasteiger partial charge in [0.15, 0.2) is 6.10 Å². The Morgan fingerprint density at radius 1 is 0.754 bits per heavy atom. The van der Waals surface area contributed by atoms with Gasteiger partial charge in [0, 0.05) is 12.8 Å². The number of carbonyl (C=O) groups is 4. The summed E-state index contributed by atoms with van der Waals surface area (Å²) in [5, 5.41) is 8.76. The Balaban J connectivity index is 1.32. The number of carbonyl (C=O) groups excluding carboxylic acids is 4. The number of hydrogen-bond acceptors (Lipinski definition) is 8. The van der Waals surface area contributed by atoms with Crippen molar-refractivity contribution in [2.45, 2.75) is 56.1 Å². The van der Waals surface area contributed by atoms with Crippen LogP contribution in [0.5, 0.6) is 11.5 Å². The van der Waals surface area contributed by atoms with Gasteiger partial charge in [-0.3, -0.25) is 19.3 Å². The van der Waals surface area contributed by atoms with E-state index in [-0.39, 0.29) is 12.8 Å². The highest BCUT2D eigenvalue weighted by Gasteiger charge is 2.38. The fraction of sp³-hybridized carbons (Fsp3) is 0.261. The number of fused-ring (bicyclic) bond motifs is 11. The summed E-state index contributed by atoms with van der Waals surface area (Å²) in [6.07, 6.45) is -0.404. The molecular formula is C46H48N4O7. The molecule has 0 saturated carbocycles. The maximum atomic E-state index is 14.7. The van der Waals surface area contributed by atoms with Gasteiger partial charge in [-0.2, -0.15) is 0 Å². The van der Waals surface area contributed by atoms with Gasteiger partial charge in [0.2, 0.25) is 17.7 Å². The first-order valence-electron chi connectivity index (χ1n) is 18.9. The Hall–Kier alpha value is -6.46.